The van der Waals surface area contributed by atoms with Gasteiger partial charge in [0.05, 0.1) is 16.3 Å². The zero-order chi connectivity index (χ0) is 9.14. The molecule has 0 aliphatic carbocycles. The first-order chi connectivity index (χ1) is 5.65. The molecule has 0 bridgehead atoms. The lowest BCUT2D eigenvalue weighted by molar-refractivity contribution is 0.628. The number of rotatable bonds is 0. The summed E-state index contributed by atoms with van der Waals surface area (Å²) >= 11 is 5.62. The van der Waals surface area contributed by atoms with Crippen LogP contribution in [0.15, 0.2) is 12.1 Å². The molecule has 0 saturated carbocycles. The highest BCUT2D eigenvalue weighted by Crippen LogP contribution is 2.23. The molecule has 1 rings (SSSR count). The zero-order valence-electron chi connectivity index (χ0n) is 6.49. The van der Waals surface area contributed by atoms with E-state index in [-0.39, 0.29) is 5.02 Å². The number of nitrogen functional groups attached to an aromatic ring is 1. The van der Waals surface area contributed by atoms with Crippen molar-refractivity contribution < 1.29 is 4.39 Å². The Morgan fingerprint density at radius 1 is 1.50 bits per heavy atom. The average molecular weight is 184 g/mol. The van der Waals surface area contributed by atoms with Crippen LogP contribution < -0.4 is 5.73 Å². The Labute approximate surface area is 75.3 Å². The van der Waals surface area contributed by atoms with E-state index >= 15 is 0 Å². The van der Waals surface area contributed by atoms with Crippen molar-refractivity contribution in [2.75, 3.05) is 5.73 Å². The number of hydrogen-bond donors (Lipinski definition) is 1. The molecule has 0 spiro atoms. The largest absolute Gasteiger partial charge is 0.397 e. The van der Waals surface area contributed by atoms with Crippen LogP contribution in [0.3, 0.4) is 0 Å². The molecule has 0 radical (unpaired) electrons. The molecule has 0 heterocycles. The summed E-state index contributed by atoms with van der Waals surface area (Å²) < 4.78 is 12.7. The zero-order valence-corrected chi connectivity index (χ0v) is 7.24. The van der Waals surface area contributed by atoms with Crippen molar-refractivity contribution >= 4 is 17.3 Å². The van der Waals surface area contributed by atoms with Crippen LogP contribution in [0.2, 0.25) is 5.02 Å². The Balaban J connectivity index is 3.34. The monoisotopic (exact) mass is 183 g/mol. The molecule has 62 valence electrons. The van der Waals surface area contributed by atoms with E-state index in [1.807, 2.05) is 0 Å². The van der Waals surface area contributed by atoms with Crippen molar-refractivity contribution in [1.29, 1.82) is 0 Å². The molecule has 3 heteroatoms. The van der Waals surface area contributed by atoms with Gasteiger partial charge in [-0.05, 0) is 19.1 Å². The van der Waals surface area contributed by atoms with Crippen LogP contribution in [-0.4, -0.2) is 0 Å². The van der Waals surface area contributed by atoms with Crippen molar-refractivity contribution in [1.82, 2.24) is 0 Å². The molecule has 0 aliphatic heterocycles. The topological polar surface area (TPSA) is 26.0 Å². The molecule has 0 fully saturated rings. The lowest BCUT2D eigenvalue weighted by Gasteiger charge is -2.00. The third-order valence-electron chi connectivity index (χ3n) is 1.35. The van der Waals surface area contributed by atoms with Gasteiger partial charge in [-0.25, -0.2) is 4.39 Å². The second-order valence-corrected chi connectivity index (χ2v) is 2.63. The van der Waals surface area contributed by atoms with Crippen LogP contribution in [0.1, 0.15) is 12.5 Å². The maximum absolute atomic E-state index is 12.7. The van der Waals surface area contributed by atoms with Gasteiger partial charge in [0.15, 0.2) is 0 Å². The van der Waals surface area contributed by atoms with Gasteiger partial charge in [-0.1, -0.05) is 17.5 Å². The summed E-state index contributed by atoms with van der Waals surface area (Å²) in [6.45, 7) is 1.65. The molecular weight excluding hydrogens is 177 g/mol. The van der Waals surface area contributed by atoms with Crippen molar-refractivity contribution in [3.63, 3.8) is 0 Å². The number of halogens is 2. The van der Waals surface area contributed by atoms with Gasteiger partial charge in [0, 0.05) is 0 Å². The molecule has 0 aromatic heterocycles. The first-order valence-corrected chi connectivity index (χ1v) is 3.70. The Hall–Kier alpha value is -1.20. The van der Waals surface area contributed by atoms with Crippen molar-refractivity contribution in [2.45, 2.75) is 6.92 Å². The summed E-state index contributed by atoms with van der Waals surface area (Å²) in [5.41, 5.74) is 6.30. The first-order valence-electron chi connectivity index (χ1n) is 3.32. The van der Waals surface area contributed by atoms with Gasteiger partial charge in [-0.3, -0.25) is 0 Å². The van der Waals surface area contributed by atoms with Crippen LogP contribution in [-0.2, 0) is 0 Å². The van der Waals surface area contributed by atoms with E-state index in [1.165, 1.54) is 6.07 Å². The lowest BCUT2D eigenvalue weighted by atomic mass is 10.2. The smallest absolute Gasteiger partial charge is 0.126 e. The quantitative estimate of drug-likeness (QED) is 0.485. The number of anilines is 1. The minimum absolute atomic E-state index is 0.202. The maximum atomic E-state index is 12.7. The normalized spacial score (nSPS) is 8.92. The summed E-state index contributed by atoms with van der Waals surface area (Å²) in [6, 6.07) is 2.43. The predicted molar refractivity (Wildman–Crippen MR) is 48.4 cm³/mol. The lowest BCUT2D eigenvalue weighted by Crippen LogP contribution is -1.92. The molecule has 0 aliphatic rings. The molecule has 0 unspecified atom stereocenters. The van der Waals surface area contributed by atoms with Crippen LogP contribution >= 0.6 is 11.6 Å². The van der Waals surface area contributed by atoms with E-state index in [0.717, 1.165) is 6.07 Å². The van der Waals surface area contributed by atoms with Crippen LogP contribution in [0, 0.1) is 17.7 Å². The van der Waals surface area contributed by atoms with Gasteiger partial charge in [0.1, 0.15) is 5.82 Å². The van der Waals surface area contributed by atoms with Crippen LogP contribution in [0.5, 0.6) is 0 Å². The average Bonchev–Trinajstić information content (AvgIpc) is 2.00. The molecule has 0 saturated heterocycles. The van der Waals surface area contributed by atoms with Crippen LogP contribution in [0.4, 0.5) is 10.1 Å². The van der Waals surface area contributed by atoms with Gasteiger partial charge in [0.2, 0.25) is 0 Å². The Bertz CT molecular complexity index is 363. The third kappa shape index (κ3) is 1.69. The van der Waals surface area contributed by atoms with E-state index in [4.69, 9.17) is 17.3 Å². The van der Waals surface area contributed by atoms with E-state index in [9.17, 15) is 4.39 Å². The predicted octanol–water partition coefficient (Wildman–Crippen LogP) is 2.43. The minimum atomic E-state index is -0.424. The summed E-state index contributed by atoms with van der Waals surface area (Å²) in [5, 5.41) is 0.202. The van der Waals surface area contributed by atoms with Crippen LogP contribution in [0.25, 0.3) is 0 Å². The number of nitrogens with two attached hydrogens (primary N) is 1. The first kappa shape index (κ1) is 8.89. The van der Waals surface area contributed by atoms with Crippen molar-refractivity contribution in [3.8, 4) is 11.8 Å². The maximum Gasteiger partial charge on any atom is 0.126 e. The molecule has 0 amide bonds. The Morgan fingerprint density at radius 2 is 2.17 bits per heavy atom. The summed E-state index contributed by atoms with van der Waals surface area (Å²) in [5.74, 6) is 4.86. The summed E-state index contributed by atoms with van der Waals surface area (Å²) in [6.07, 6.45) is 0. The van der Waals surface area contributed by atoms with Gasteiger partial charge in [-0.15, -0.1) is 5.92 Å². The number of hydrogen-bond acceptors (Lipinski definition) is 1. The third-order valence-corrected chi connectivity index (χ3v) is 1.67. The van der Waals surface area contributed by atoms with Gasteiger partial charge in [0.25, 0.3) is 0 Å². The Kier molecular flexibility index (Phi) is 2.57. The van der Waals surface area contributed by atoms with Gasteiger partial charge in [-0.2, -0.15) is 0 Å². The van der Waals surface area contributed by atoms with E-state index in [0.29, 0.717) is 11.3 Å². The number of benzene rings is 1. The van der Waals surface area contributed by atoms with Gasteiger partial charge < -0.3 is 5.73 Å². The summed E-state index contributed by atoms with van der Waals surface area (Å²) in [7, 11) is 0. The SMILES string of the molecule is CC#Cc1cc(F)cc(Cl)c1N. The molecule has 2 N–H and O–H groups in total. The summed E-state index contributed by atoms with van der Waals surface area (Å²) in [4.78, 5) is 0. The highest BCUT2D eigenvalue weighted by Gasteiger charge is 2.03. The fourth-order valence-electron chi connectivity index (χ4n) is 0.823. The fraction of sp³-hybridized carbons (Fsp3) is 0.111. The molecule has 1 nitrogen and oxygen atoms in total. The van der Waals surface area contributed by atoms with Crippen molar-refractivity contribution in [3.05, 3.63) is 28.5 Å². The van der Waals surface area contributed by atoms with Gasteiger partial charge >= 0.3 is 0 Å². The highest BCUT2D eigenvalue weighted by atomic mass is 35.5. The minimum Gasteiger partial charge on any atom is -0.397 e. The molecule has 12 heavy (non-hydrogen) atoms. The molecule has 0 atom stereocenters. The molecule has 1 aromatic carbocycles. The standard InChI is InChI=1S/C9H7ClFN/c1-2-3-6-4-7(11)5-8(10)9(6)12/h4-5H,12H2,1H3. The second kappa shape index (κ2) is 3.46. The van der Waals surface area contributed by atoms with Crippen molar-refractivity contribution in [2.24, 2.45) is 0 Å². The molecular formula is C9H7ClFN. The molecule has 1 aromatic rings. The fourth-order valence-corrected chi connectivity index (χ4v) is 1.03. The second-order valence-electron chi connectivity index (χ2n) is 2.22. The van der Waals surface area contributed by atoms with E-state index in [2.05, 4.69) is 11.8 Å². The Morgan fingerprint density at radius 3 is 2.75 bits per heavy atom. The van der Waals surface area contributed by atoms with E-state index < -0.39 is 5.82 Å². The van der Waals surface area contributed by atoms with E-state index in [1.54, 1.807) is 6.92 Å². The highest BCUT2D eigenvalue weighted by molar-refractivity contribution is 6.33.